The van der Waals surface area contributed by atoms with E-state index in [9.17, 15) is 0 Å². The van der Waals surface area contributed by atoms with Gasteiger partial charge in [-0.3, -0.25) is 0 Å². The van der Waals surface area contributed by atoms with E-state index in [1.165, 1.54) is 11.1 Å². The first kappa shape index (κ1) is 15.6. The van der Waals surface area contributed by atoms with E-state index in [0.717, 1.165) is 16.5 Å². The molecular formula is C16H21N3OS. The highest BCUT2D eigenvalue weighted by molar-refractivity contribution is 7.99. The smallest absolute Gasteiger partial charge is 0.156 e. The Morgan fingerprint density at radius 1 is 1.24 bits per heavy atom. The van der Waals surface area contributed by atoms with Crippen molar-refractivity contribution in [1.29, 1.82) is 0 Å². The van der Waals surface area contributed by atoms with Gasteiger partial charge in [0, 0.05) is 18.1 Å². The van der Waals surface area contributed by atoms with Gasteiger partial charge in [-0.05, 0) is 36.1 Å². The van der Waals surface area contributed by atoms with Gasteiger partial charge in [-0.2, -0.15) is 0 Å². The number of anilines is 1. The highest BCUT2D eigenvalue weighted by Gasteiger charge is 2.05. The van der Waals surface area contributed by atoms with Gasteiger partial charge in [0.15, 0.2) is 5.82 Å². The first-order valence-corrected chi connectivity index (χ1v) is 7.99. The van der Waals surface area contributed by atoms with Gasteiger partial charge in [0.25, 0.3) is 0 Å². The lowest BCUT2D eigenvalue weighted by molar-refractivity contribution is 0.343. The molecule has 0 bridgehead atoms. The third kappa shape index (κ3) is 4.36. The number of hydrogen-bond acceptors (Lipinski definition) is 5. The fourth-order valence-corrected chi connectivity index (χ4v) is 2.83. The molecule has 4 nitrogen and oxygen atoms in total. The Morgan fingerprint density at radius 3 is 2.67 bits per heavy atom. The van der Waals surface area contributed by atoms with Crippen LogP contribution in [0.4, 0.5) is 5.82 Å². The van der Waals surface area contributed by atoms with Crippen LogP contribution >= 0.6 is 11.8 Å². The Bertz CT molecular complexity index is 602. The zero-order chi connectivity index (χ0) is 15.2. The molecule has 0 atom stereocenters. The monoisotopic (exact) mass is 303 g/mol. The Morgan fingerprint density at radius 2 is 2.00 bits per heavy atom. The van der Waals surface area contributed by atoms with Crippen LogP contribution < -0.4 is 10.5 Å². The molecule has 1 heterocycles. The Balaban J connectivity index is 1.84. The fraction of sp³-hybridized carbons (Fsp3) is 0.375. The molecule has 2 N–H and O–H groups in total. The van der Waals surface area contributed by atoms with Crippen LogP contribution in [0.1, 0.15) is 30.9 Å². The molecule has 0 aliphatic rings. The third-order valence-corrected chi connectivity index (χ3v) is 4.10. The van der Waals surface area contributed by atoms with E-state index in [-0.39, 0.29) is 0 Å². The minimum Gasteiger partial charge on any atom is -0.493 e. The Kier molecular flexibility index (Phi) is 5.44. The second-order valence-corrected chi connectivity index (χ2v) is 6.20. The first-order valence-electron chi connectivity index (χ1n) is 7.00. The summed E-state index contributed by atoms with van der Waals surface area (Å²) in [5.74, 6) is 2.70. The molecule has 21 heavy (non-hydrogen) atoms. The van der Waals surface area contributed by atoms with Crippen molar-refractivity contribution in [2.75, 3.05) is 18.1 Å². The molecule has 1 aromatic heterocycles. The molecule has 0 unspecified atom stereocenters. The third-order valence-electron chi connectivity index (χ3n) is 3.15. The van der Waals surface area contributed by atoms with Gasteiger partial charge in [-0.1, -0.05) is 31.7 Å². The minimum atomic E-state index is 0.472. The molecule has 0 spiro atoms. The van der Waals surface area contributed by atoms with Gasteiger partial charge < -0.3 is 10.5 Å². The fourth-order valence-electron chi connectivity index (χ4n) is 2.13. The quantitative estimate of drug-likeness (QED) is 0.652. The lowest BCUT2D eigenvalue weighted by Gasteiger charge is -2.12. The first-order chi connectivity index (χ1) is 10.1. The van der Waals surface area contributed by atoms with Crippen molar-refractivity contribution in [3.8, 4) is 5.75 Å². The van der Waals surface area contributed by atoms with Crippen LogP contribution in [0.3, 0.4) is 0 Å². The van der Waals surface area contributed by atoms with E-state index >= 15 is 0 Å². The van der Waals surface area contributed by atoms with E-state index in [1.54, 1.807) is 24.2 Å². The van der Waals surface area contributed by atoms with Crippen molar-refractivity contribution < 1.29 is 4.74 Å². The van der Waals surface area contributed by atoms with Crippen LogP contribution in [-0.4, -0.2) is 22.3 Å². The molecule has 2 aromatic rings. The molecule has 0 aliphatic heterocycles. The Hall–Kier alpha value is -1.75. The number of nitrogen functional groups attached to an aromatic ring is 1. The number of nitrogens with two attached hydrogens (primary N) is 1. The predicted molar refractivity (Wildman–Crippen MR) is 87.9 cm³/mol. The van der Waals surface area contributed by atoms with Crippen LogP contribution in [0.15, 0.2) is 35.6 Å². The van der Waals surface area contributed by atoms with Gasteiger partial charge in [0.1, 0.15) is 10.8 Å². The van der Waals surface area contributed by atoms with Crippen molar-refractivity contribution in [3.63, 3.8) is 0 Å². The Labute approximate surface area is 130 Å². The molecule has 0 aliphatic carbocycles. The van der Waals surface area contributed by atoms with Crippen molar-refractivity contribution >= 4 is 17.6 Å². The van der Waals surface area contributed by atoms with E-state index in [4.69, 9.17) is 10.5 Å². The number of rotatable bonds is 6. The van der Waals surface area contributed by atoms with Crippen LogP contribution in [0, 0.1) is 6.92 Å². The van der Waals surface area contributed by atoms with E-state index < -0.39 is 0 Å². The predicted octanol–water partition coefficient (Wildman–Crippen LogP) is 3.66. The van der Waals surface area contributed by atoms with Crippen molar-refractivity contribution in [2.24, 2.45) is 0 Å². The summed E-state index contributed by atoms with van der Waals surface area (Å²) in [7, 11) is 0. The molecule has 0 radical (unpaired) electrons. The summed E-state index contributed by atoms with van der Waals surface area (Å²) in [6, 6.07) is 6.27. The van der Waals surface area contributed by atoms with Crippen LogP contribution in [0.25, 0.3) is 0 Å². The van der Waals surface area contributed by atoms with Gasteiger partial charge in [-0.15, -0.1) is 0 Å². The highest BCUT2D eigenvalue weighted by atomic mass is 32.2. The second kappa shape index (κ2) is 7.31. The summed E-state index contributed by atoms with van der Waals surface area (Å²) >= 11 is 1.55. The van der Waals surface area contributed by atoms with E-state index in [0.29, 0.717) is 18.3 Å². The molecule has 1 aromatic carbocycles. The van der Waals surface area contributed by atoms with Crippen LogP contribution in [0.5, 0.6) is 5.75 Å². The standard InChI is InChI=1S/C16H21N3OS/c1-11(2)14-5-4-13(10-12(14)3)20-8-9-21-16-15(17)18-6-7-19-16/h4-7,10-11H,8-9H2,1-3H3,(H2,17,18). The number of nitrogens with zero attached hydrogens (tertiary/aromatic N) is 2. The molecular weight excluding hydrogens is 282 g/mol. The summed E-state index contributed by atoms with van der Waals surface area (Å²) in [5.41, 5.74) is 8.38. The summed E-state index contributed by atoms with van der Waals surface area (Å²) in [5, 5.41) is 0.757. The average molecular weight is 303 g/mol. The normalized spacial score (nSPS) is 10.9. The van der Waals surface area contributed by atoms with E-state index in [2.05, 4.69) is 42.9 Å². The number of benzene rings is 1. The average Bonchev–Trinajstić information content (AvgIpc) is 2.45. The lowest BCUT2D eigenvalue weighted by Crippen LogP contribution is -2.03. The van der Waals surface area contributed by atoms with Gasteiger partial charge >= 0.3 is 0 Å². The summed E-state index contributed by atoms with van der Waals surface area (Å²) in [4.78, 5) is 8.20. The largest absolute Gasteiger partial charge is 0.493 e. The number of ether oxygens (including phenoxy) is 1. The van der Waals surface area contributed by atoms with Gasteiger partial charge in [0.05, 0.1) is 6.61 Å². The molecule has 112 valence electrons. The molecule has 2 rings (SSSR count). The lowest BCUT2D eigenvalue weighted by atomic mass is 9.98. The maximum absolute atomic E-state index is 5.77. The molecule has 5 heteroatoms. The number of thioether (sulfide) groups is 1. The molecule has 0 fully saturated rings. The number of aryl methyl sites for hydroxylation is 1. The van der Waals surface area contributed by atoms with Crippen LogP contribution in [-0.2, 0) is 0 Å². The summed E-state index contributed by atoms with van der Waals surface area (Å²) in [6.45, 7) is 7.13. The number of aromatic nitrogens is 2. The highest BCUT2D eigenvalue weighted by Crippen LogP contribution is 2.24. The SMILES string of the molecule is Cc1cc(OCCSc2nccnc2N)ccc1C(C)C. The second-order valence-electron chi connectivity index (χ2n) is 5.12. The molecule has 0 saturated carbocycles. The zero-order valence-corrected chi connectivity index (χ0v) is 13.5. The maximum Gasteiger partial charge on any atom is 0.156 e. The summed E-state index contributed by atoms with van der Waals surface area (Å²) < 4.78 is 5.77. The van der Waals surface area contributed by atoms with E-state index in [1.807, 2.05) is 6.07 Å². The molecule has 0 amide bonds. The zero-order valence-electron chi connectivity index (χ0n) is 12.7. The maximum atomic E-state index is 5.77. The van der Waals surface area contributed by atoms with Gasteiger partial charge in [0.2, 0.25) is 0 Å². The van der Waals surface area contributed by atoms with Crippen molar-refractivity contribution in [1.82, 2.24) is 9.97 Å². The summed E-state index contributed by atoms with van der Waals surface area (Å²) in [6.07, 6.45) is 3.24. The van der Waals surface area contributed by atoms with Crippen molar-refractivity contribution in [3.05, 3.63) is 41.7 Å². The molecule has 0 saturated heterocycles. The van der Waals surface area contributed by atoms with Gasteiger partial charge in [-0.25, -0.2) is 9.97 Å². The van der Waals surface area contributed by atoms with Crippen molar-refractivity contribution in [2.45, 2.75) is 31.7 Å². The topological polar surface area (TPSA) is 61.0 Å². The number of hydrogen-bond donors (Lipinski definition) is 1. The minimum absolute atomic E-state index is 0.472. The van der Waals surface area contributed by atoms with Crippen LogP contribution in [0.2, 0.25) is 0 Å².